The lowest BCUT2D eigenvalue weighted by molar-refractivity contribution is -0.132. The monoisotopic (exact) mass is 355 g/mol. The summed E-state index contributed by atoms with van der Waals surface area (Å²) in [6, 6.07) is 8.26. The molecule has 26 heavy (non-hydrogen) atoms. The topological polar surface area (TPSA) is 64.4 Å². The van der Waals surface area contributed by atoms with Crippen LogP contribution in [0.5, 0.6) is 0 Å². The highest BCUT2D eigenvalue weighted by Crippen LogP contribution is 2.23. The lowest BCUT2D eigenvalue weighted by Crippen LogP contribution is -2.36. The van der Waals surface area contributed by atoms with Crippen molar-refractivity contribution in [1.29, 1.82) is 0 Å². The average Bonchev–Trinajstić information content (AvgIpc) is 2.96. The van der Waals surface area contributed by atoms with E-state index in [0.29, 0.717) is 38.2 Å². The molecule has 2 heterocycles. The Morgan fingerprint density at radius 3 is 2.65 bits per heavy atom. The van der Waals surface area contributed by atoms with Crippen molar-refractivity contribution in [3.05, 3.63) is 52.3 Å². The van der Waals surface area contributed by atoms with Gasteiger partial charge in [-0.1, -0.05) is 29.8 Å². The zero-order chi connectivity index (χ0) is 18.7. The number of hydrogen-bond acceptors (Lipinski definition) is 4. The quantitative estimate of drug-likeness (QED) is 0.773. The molecule has 0 fully saturated rings. The van der Waals surface area contributed by atoms with Gasteiger partial charge in [0.05, 0.1) is 12.3 Å². The Hall–Kier alpha value is -2.63. The van der Waals surface area contributed by atoms with E-state index in [0.717, 1.165) is 23.2 Å². The summed E-state index contributed by atoms with van der Waals surface area (Å²) < 4.78 is 6.71. The Balaban J connectivity index is 1.68. The number of nitrogens with zero attached hydrogens (tertiary/aromatic N) is 3. The van der Waals surface area contributed by atoms with Crippen molar-refractivity contribution in [2.75, 3.05) is 13.2 Å². The number of amides is 1. The van der Waals surface area contributed by atoms with Crippen LogP contribution in [-0.2, 0) is 36.0 Å². The van der Waals surface area contributed by atoms with Crippen LogP contribution in [0.25, 0.3) is 0 Å². The number of ether oxygens (including phenoxy) is 1. The summed E-state index contributed by atoms with van der Waals surface area (Å²) in [6.45, 7) is 5.21. The molecule has 0 bridgehead atoms. The Kier molecular flexibility index (Phi) is 5.40. The lowest BCUT2D eigenvalue weighted by Gasteiger charge is -2.27. The molecular formula is C20H25N3O3. The zero-order valence-corrected chi connectivity index (χ0v) is 15.6. The minimum Gasteiger partial charge on any atom is -0.461 e. The Bertz CT molecular complexity index is 808. The average molecular weight is 355 g/mol. The molecule has 0 unspecified atom stereocenters. The van der Waals surface area contributed by atoms with Gasteiger partial charge in [-0.2, -0.15) is 5.10 Å². The first-order valence-electron chi connectivity index (χ1n) is 9.04. The molecule has 0 saturated carbocycles. The lowest BCUT2D eigenvalue weighted by atomic mass is 10.0. The summed E-state index contributed by atoms with van der Waals surface area (Å²) in [6.07, 6.45) is 1.85. The van der Waals surface area contributed by atoms with Crippen LogP contribution in [-0.4, -0.2) is 39.7 Å². The van der Waals surface area contributed by atoms with Gasteiger partial charge in [0.15, 0.2) is 5.69 Å². The maximum Gasteiger partial charge on any atom is 0.356 e. The SMILES string of the molecule is CCOC(=O)c1c2c(nn1C)CCN(C(=O)CCc1ccc(C)cc1)C2. The van der Waals surface area contributed by atoms with Gasteiger partial charge in [0.1, 0.15) is 0 Å². The predicted octanol–water partition coefficient (Wildman–Crippen LogP) is 2.42. The smallest absolute Gasteiger partial charge is 0.356 e. The Morgan fingerprint density at radius 1 is 1.23 bits per heavy atom. The van der Waals surface area contributed by atoms with Crippen molar-refractivity contribution in [3.8, 4) is 0 Å². The van der Waals surface area contributed by atoms with Gasteiger partial charge in [-0.15, -0.1) is 0 Å². The number of benzene rings is 1. The van der Waals surface area contributed by atoms with Gasteiger partial charge in [0.25, 0.3) is 0 Å². The van der Waals surface area contributed by atoms with Crippen LogP contribution in [0.15, 0.2) is 24.3 Å². The van der Waals surface area contributed by atoms with Crippen molar-refractivity contribution in [2.24, 2.45) is 7.05 Å². The minimum atomic E-state index is -0.377. The third kappa shape index (κ3) is 3.79. The van der Waals surface area contributed by atoms with E-state index in [9.17, 15) is 9.59 Å². The van der Waals surface area contributed by atoms with Crippen LogP contribution in [0, 0.1) is 6.92 Å². The second kappa shape index (κ2) is 7.72. The van der Waals surface area contributed by atoms with E-state index in [1.54, 1.807) is 18.7 Å². The molecule has 1 aliphatic heterocycles. The van der Waals surface area contributed by atoms with Crippen molar-refractivity contribution in [1.82, 2.24) is 14.7 Å². The fraction of sp³-hybridized carbons (Fsp3) is 0.450. The molecule has 2 aromatic rings. The molecule has 0 spiro atoms. The second-order valence-electron chi connectivity index (χ2n) is 6.67. The van der Waals surface area contributed by atoms with Crippen LogP contribution >= 0.6 is 0 Å². The van der Waals surface area contributed by atoms with E-state index in [-0.39, 0.29) is 11.9 Å². The normalized spacial score (nSPS) is 13.4. The van der Waals surface area contributed by atoms with Crippen LogP contribution in [0.4, 0.5) is 0 Å². The van der Waals surface area contributed by atoms with Crippen LogP contribution in [0.1, 0.15) is 46.2 Å². The van der Waals surface area contributed by atoms with Crippen molar-refractivity contribution in [3.63, 3.8) is 0 Å². The van der Waals surface area contributed by atoms with Gasteiger partial charge < -0.3 is 9.64 Å². The first-order valence-corrected chi connectivity index (χ1v) is 9.04. The summed E-state index contributed by atoms with van der Waals surface area (Å²) in [5.74, 6) is -0.271. The molecule has 1 aromatic heterocycles. The summed E-state index contributed by atoms with van der Waals surface area (Å²) >= 11 is 0. The van der Waals surface area contributed by atoms with E-state index in [1.165, 1.54) is 5.56 Å². The van der Waals surface area contributed by atoms with Crippen LogP contribution in [0.3, 0.4) is 0 Å². The van der Waals surface area contributed by atoms with E-state index in [1.807, 2.05) is 4.90 Å². The molecule has 6 nitrogen and oxygen atoms in total. The van der Waals surface area contributed by atoms with Crippen molar-refractivity contribution < 1.29 is 14.3 Å². The minimum absolute atomic E-state index is 0.106. The molecule has 0 N–H and O–H groups in total. The summed E-state index contributed by atoms with van der Waals surface area (Å²) in [5.41, 5.74) is 4.54. The number of carbonyl (C=O) groups is 2. The second-order valence-corrected chi connectivity index (χ2v) is 6.67. The third-order valence-corrected chi connectivity index (χ3v) is 4.77. The highest BCUT2D eigenvalue weighted by molar-refractivity contribution is 5.90. The third-order valence-electron chi connectivity index (χ3n) is 4.77. The fourth-order valence-corrected chi connectivity index (χ4v) is 3.33. The number of fused-ring (bicyclic) bond motifs is 1. The predicted molar refractivity (Wildman–Crippen MR) is 97.8 cm³/mol. The fourth-order valence-electron chi connectivity index (χ4n) is 3.33. The first kappa shape index (κ1) is 18.2. The van der Waals surface area contributed by atoms with Crippen LogP contribution in [0.2, 0.25) is 0 Å². The molecule has 1 aromatic carbocycles. The van der Waals surface area contributed by atoms with Gasteiger partial charge >= 0.3 is 5.97 Å². The number of rotatable bonds is 5. The summed E-state index contributed by atoms with van der Waals surface area (Å²) in [4.78, 5) is 26.7. The Morgan fingerprint density at radius 2 is 1.96 bits per heavy atom. The first-order chi connectivity index (χ1) is 12.5. The van der Waals surface area contributed by atoms with Gasteiger partial charge in [-0.3, -0.25) is 9.48 Å². The molecular weight excluding hydrogens is 330 g/mol. The number of hydrogen-bond donors (Lipinski definition) is 0. The van der Waals surface area contributed by atoms with Gasteiger partial charge in [0, 0.05) is 38.5 Å². The van der Waals surface area contributed by atoms with E-state index in [4.69, 9.17) is 4.74 Å². The maximum atomic E-state index is 12.6. The molecule has 6 heteroatoms. The Labute approximate surface area is 153 Å². The zero-order valence-electron chi connectivity index (χ0n) is 15.6. The molecule has 1 amide bonds. The van der Waals surface area contributed by atoms with Gasteiger partial charge in [-0.25, -0.2) is 4.79 Å². The molecule has 0 aliphatic carbocycles. The van der Waals surface area contributed by atoms with E-state index >= 15 is 0 Å². The molecule has 0 atom stereocenters. The molecule has 0 radical (unpaired) electrons. The molecule has 3 rings (SSSR count). The molecule has 1 aliphatic rings. The number of aromatic nitrogens is 2. The van der Waals surface area contributed by atoms with Crippen molar-refractivity contribution in [2.45, 2.75) is 39.7 Å². The summed E-state index contributed by atoms with van der Waals surface area (Å²) in [5, 5.41) is 4.43. The highest BCUT2D eigenvalue weighted by atomic mass is 16.5. The highest BCUT2D eigenvalue weighted by Gasteiger charge is 2.29. The number of carbonyl (C=O) groups excluding carboxylic acids is 2. The van der Waals surface area contributed by atoms with E-state index in [2.05, 4.69) is 36.3 Å². The molecule has 0 saturated heterocycles. The van der Waals surface area contributed by atoms with Gasteiger partial charge in [-0.05, 0) is 25.8 Å². The number of esters is 1. The largest absolute Gasteiger partial charge is 0.461 e. The standard InChI is InChI=1S/C20H25N3O3/c1-4-26-20(25)19-16-13-23(12-11-17(16)21-22(19)3)18(24)10-9-15-7-5-14(2)6-8-15/h5-8H,4,9-13H2,1-3H3. The van der Waals surface area contributed by atoms with E-state index < -0.39 is 0 Å². The number of aryl methyl sites for hydroxylation is 3. The van der Waals surface area contributed by atoms with Crippen LogP contribution < -0.4 is 0 Å². The van der Waals surface area contributed by atoms with Crippen molar-refractivity contribution >= 4 is 11.9 Å². The molecule has 138 valence electrons. The maximum absolute atomic E-state index is 12.6. The summed E-state index contributed by atoms with van der Waals surface area (Å²) in [7, 11) is 1.74. The van der Waals surface area contributed by atoms with Gasteiger partial charge in [0.2, 0.25) is 5.91 Å².